The summed E-state index contributed by atoms with van der Waals surface area (Å²) in [5.41, 5.74) is 2.69. The number of carbonyl (C=O) groups excluding carboxylic acids is 3. The fourth-order valence-electron chi connectivity index (χ4n) is 4.93. The van der Waals surface area contributed by atoms with Gasteiger partial charge in [-0.25, -0.2) is 13.2 Å². The maximum atomic E-state index is 13.2. The van der Waals surface area contributed by atoms with Gasteiger partial charge in [-0.1, -0.05) is 30.7 Å². The fraction of sp³-hybridized carbons (Fsp3) is 0.346. The van der Waals surface area contributed by atoms with Crippen LogP contribution in [0.1, 0.15) is 30.4 Å². The molecule has 5 rings (SSSR count). The largest absolute Gasteiger partial charge is 0.361 e. The summed E-state index contributed by atoms with van der Waals surface area (Å²) in [5, 5.41) is 6.26. The molecule has 0 aliphatic carbocycles. The third-order valence-electron chi connectivity index (χ3n) is 6.91. The number of sulfonamides is 1. The molecule has 10 nitrogen and oxygen atoms in total. The highest BCUT2D eigenvalue weighted by Crippen LogP contribution is 2.26. The van der Waals surface area contributed by atoms with Gasteiger partial charge in [0, 0.05) is 42.3 Å². The highest BCUT2D eigenvalue weighted by molar-refractivity contribution is 7.89. The number of aromatic nitrogens is 1. The number of H-pyrrole nitrogens is 1. The number of piperidine rings is 1. The lowest BCUT2D eigenvalue weighted by molar-refractivity contribution is -0.130. The zero-order valence-corrected chi connectivity index (χ0v) is 21.3. The van der Waals surface area contributed by atoms with Gasteiger partial charge in [-0.15, -0.1) is 0 Å². The Morgan fingerprint density at radius 3 is 2.62 bits per heavy atom. The molecule has 2 aliphatic rings. The summed E-state index contributed by atoms with van der Waals surface area (Å²) in [7, 11) is -3.69. The molecule has 0 bridgehead atoms. The molecule has 0 saturated carbocycles. The Balaban J connectivity index is 1.25. The molecule has 37 heavy (non-hydrogen) atoms. The summed E-state index contributed by atoms with van der Waals surface area (Å²) in [6, 6.07) is 10.9. The Morgan fingerprint density at radius 1 is 1.08 bits per heavy atom. The highest BCUT2D eigenvalue weighted by Gasteiger charge is 2.39. The Kier molecular flexibility index (Phi) is 6.74. The van der Waals surface area contributed by atoms with Crippen LogP contribution >= 0.6 is 0 Å². The number of amides is 4. The van der Waals surface area contributed by atoms with E-state index < -0.39 is 40.5 Å². The van der Waals surface area contributed by atoms with Crippen LogP contribution in [-0.2, 0) is 26.0 Å². The number of anilines is 1. The number of hydrogen-bond donors (Lipinski definition) is 3. The lowest BCUT2D eigenvalue weighted by atomic mass is 10.1. The number of nitrogens with one attached hydrogen (secondary N) is 3. The zero-order chi connectivity index (χ0) is 26.2. The van der Waals surface area contributed by atoms with Crippen molar-refractivity contribution in [2.24, 2.45) is 0 Å². The minimum absolute atomic E-state index is 0.140. The number of fused-ring (bicyclic) bond motifs is 1. The van der Waals surface area contributed by atoms with Crippen LogP contribution in [0.2, 0.25) is 0 Å². The second-order valence-corrected chi connectivity index (χ2v) is 11.4. The van der Waals surface area contributed by atoms with Crippen LogP contribution in [0.3, 0.4) is 0 Å². The topological polar surface area (TPSA) is 132 Å². The Bertz CT molecular complexity index is 1480. The highest BCUT2D eigenvalue weighted by atomic mass is 32.2. The molecule has 3 N–H and O–H groups in total. The molecule has 194 valence electrons. The minimum Gasteiger partial charge on any atom is -0.361 e. The van der Waals surface area contributed by atoms with Crippen LogP contribution in [0.15, 0.2) is 53.6 Å². The van der Waals surface area contributed by atoms with E-state index in [4.69, 9.17) is 0 Å². The van der Waals surface area contributed by atoms with Gasteiger partial charge < -0.3 is 15.6 Å². The van der Waals surface area contributed by atoms with E-state index in [0.717, 1.165) is 40.6 Å². The number of nitrogens with zero attached hydrogens (tertiary/aromatic N) is 2. The Morgan fingerprint density at radius 2 is 1.84 bits per heavy atom. The number of carbonyl (C=O) groups is 3. The number of urea groups is 1. The molecule has 1 atom stereocenters. The van der Waals surface area contributed by atoms with Gasteiger partial charge in [-0.2, -0.15) is 4.31 Å². The van der Waals surface area contributed by atoms with Crippen molar-refractivity contribution >= 4 is 44.5 Å². The van der Waals surface area contributed by atoms with E-state index in [0.29, 0.717) is 25.1 Å². The van der Waals surface area contributed by atoms with Crippen molar-refractivity contribution < 1.29 is 22.8 Å². The van der Waals surface area contributed by atoms with Gasteiger partial charge >= 0.3 is 6.03 Å². The number of benzene rings is 2. The van der Waals surface area contributed by atoms with E-state index in [2.05, 4.69) is 15.6 Å². The molecular formula is C26H29N5O5S. The summed E-state index contributed by atoms with van der Waals surface area (Å²) >= 11 is 0. The van der Waals surface area contributed by atoms with Crippen molar-refractivity contribution in [2.45, 2.75) is 43.5 Å². The Labute approximate surface area is 215 Å². The monoisotopic (exact) mass is 523 g/mol. The molecule has 0 spiro atoms. The summed E-state index contributed by atoms with van der Waals surface area (Å²) in [4.78, 5) is 42.4. The summed E-state index contributed by atoms with van der Waals surface area (Å²) in [5.74, 6) is -1.08. The van der Waals surface area contributed by atoms with E-state index in [9.17, 15) is 22.8 Å². The smallest absolute Gasteiger partial charge is 0.325 e. The molecule has 1 aromatic heterocycles. The number of hydrogen-bond acceptors (Lipinski definition) is 5. The molecule has 0 radical (unpaired) electrons. The Hall–Kier alpha value is -3.70. The third kappa shape index (κ3) is 4.96. The average Bonchev–Trinajstić information content (AvgIpc) is 3.41. The summed E-state index contributed by atoms with van der Waals surface area (Å²) < 4.78 is 27.8. The van der Waals surface area contributed by atoms with E-state index >= 15 is 0 Å². The lowest BCUT2D eigenvalue weighted by Crippen LogP contribution is -2.38. The first-order valence-electron chi connectivity index (χ1n) is 12.3. The van der Waals surface area contributed by atoms with Crippen molar-refractivity contribution in [1.29, 1.82) is 0 Å². The molecule has 11 heteroatoms. The van der Waals surface area contributed by atoms with Crippen molar-refractivity contribution in [2.75, 3.05) is 25.0 Å². The first-order chi connectivity index (χ1) is 17.7. The lowest BCUT2D eigenvalue weighted by Gasteiger charge is -2.26. The first kappa shape index (κ1) is 25.0. The molecule has 2 fully saturated rings. The van der Waals surface area contributed by atoms with Gasteiger partial charge in [0.15, 0.2) is 0 Å². The predicted octanol–water partition coefficient (Wildman–Crippen LogP) is 2.75. The number of imide groups is 1. The fourth-order valence-corrected chi connectivity index (χ4v) is 6.70. The molecule has 3 heterocycles. The predicted molar refractivity (Wildman–Crippen MR) is 138 cm³/mol. The van der Waals surface area contributed by atoms with E-state index in [-0.39, 0.29) is 10.6 Å². The maximum absolute atomic E-state index is 13.2. The van der Waals surface area contributed by atoms with Crippen molar-refractivity contribution in [3.05, 3.63) is 59.8 Å². The molecule has 2 aliphatic heterocycles. The average molecular weight is 524 g/mol. The van der Waals surface area contributed by atoms with E-state index in [1.54, 1.807) is 19.1 Å². The quantitative estimate of drug-likeness (QED) is 0.410. The van der Waals surface area contributed by atoms with Gasteiger partial charge in [0.2, 0.25) is 15.9 Å². The normalized spacial score (nSPS) is 18.8. The number of rotatable bonds is 7. The van der Waals surface area contributed by atoms with Crippen molar-refractivity contribution in [3.63, 3.8) is 0 Å². The minimum atomic E-state index is -3.69. The third-order valence-corrected chi connectivity index (χ3v) is 8.95. The van der Waals surface area contributed by atoms with Crippen molar-refractivity contribution in [3.8, 4) is 0 Å². The van der Waals surface area contributed by atoms with Crippen LogP contribution in [0.25, 0.3) is 10.9 Å². The molecule has 3 aromatic rings. The van der Waals surface area contributed by atoms with Crippen molar-refractivity contribution in [1.82, 2.24) is 19.5 Å². The van der Waals surface area contributed by atoms with Gasteiger partial charge in [0.05, 0.1) is 4.90 Å². The van der Waals surface area contributed by atoms with Gasteiger partial charge in [-0.3, -0.25) is 14.5 Å². The molecule has 2 aromatic carbocycles. The van der Waals surface area contributed by atoms with Crippen LogP contribution < -0.4 is 10.6 Å². The molecule has 4 amide bonds. The second kappa shape index (κ2) is 9.98. The zero-order valence-electron chi connectivity index (χ0n) is 20.5. The number of para-hydroxylation sites is 1. The second-order valence-electron chi connectivity index (χ2n) is 9.48. The summed E-state index contributed by atoms with van der Waals surface area (Å²) in [6.07, 6.45) is 4.76. The molecular weight excluding hydrogens is 494 g/mol. The maximum Gasteiger partial charge on any atom is 0.325 e. The summed E-state index contributed by atoms with van der Waals surface area (Å²) in [6.45, 7) is 2.19. The van der Waals surface area contributed by atoms with Gasteiger partial charge in [-0.05, 0) is 49.1 Å². The SMILES string of the molecule is Cc1ccc(NC(=O)CN2C(=O)N[C@@H](Cc3c[nH]c4ccccc34)C2=O)cc1S(=O)(=O)N1CCCCC1. The van der Waals surface area contributed by atoms with Crippen LogP contribution in [0.4, 0.5) is 10.5 Å². The first-order valence-corrected chi connectivity index (χ1v) is 13.8. The van der Waals surface area contributed by atoms with Crippen LogP contribution in [-0.4, -0.2) is 66.1 Å². The number of aryl methyl sites for hydroxylation is 1. The van der Waals surface area contributed by atoms with Gasteiger partial charge in [0.1, 0.15) is 12.6 Å². The van der Waals surface area contributed by atoms with Gasteiger partial charge in [0.25, 0.3) is 5.91 Å². The molecule has 0 unspecified atom stereocenters. The van der Waals surface area contributed by atoms with E-state index in [1.165, 1.54) is 10.4 Å². The van der Waals surface area contributed by atoms with Crippen LogP contribution in [0, 0.1) is 6.92 Å². The molecule has 2 saturated heterocycles. The standard InChI is InChI=1S/C26H29N5O5S/c1-17-9-10-19(14-23(17)37(35,36)30-11-5-2-6-12-30)28-24(32)16-31-25(33)22(29-26(31)34)13-18-15-27-21-8-4-3-7-20(18)21/h3-4,7-10,14-15,22,27H,2,5-6,11-13,16H2,1H3,(H,28,32)(H,29,34)/t22-/m0/s1. The van der Waals surface area contributed by atoms with E-state index in [1.807, 2.05) is 30.5 Å². The van der Waals surface area contributed by atoms with Crippen LogP contribution in [0.5, 0.6) is 0 Å². The number of aromatic amines is 1.